The molecular weight excluding hydrogens is 521 g/mol. The van der Waals surface area contributed by atoms with E-state index in [1.165, 1.54) is 74.1 Å². The monoisotopic (exact) mass is 544 g/mol. The van der Waals surface area contributed by atoms with E-state index in [1.54, 1.807) is 0 Å². The molecule has 0 spiro atoms. The highest BCUT2D eigenvalue weighted by molar-refractivity contribution is 7.26. The van der Waals surface area contributed by atoms with Crippen molar-refractivity contribution >= 4 is 53.6 Å². The molecular formula is C38H24S2. The van der Waals surface area contributed by atoms with Crippen LogP contribution in [0.2, 0.25) is 0 Å². The van der Waals surface area contributed by atoms with E-state index in [-0.39, 0.29) is 0 Å². The van der Waals surface area contributed by atoms with Crippen LogP contribution in [0.25, 0.3) is 74.1 Å². The van der Waals surface area contributed by atoms with E-state index in [1.807, 2.05) is 22.7 Å². The van der Waals surface area contributed by atoms with Crippen molar-refractivity contribution in [3.8, 4) is 43.1 Å². The third-order valence-corrected chi connectivity index (χ3v) is 10.1. The van der Waals surface area contributed by atoms with Crippen LogP contribution in [0.3, 0.4) is 0 Å². The van der Waals surface area contributed by atoms with Crippen molar-refractivity contribution in [2.45, 2.75) is 0 Å². The van der Waals surface area contributed by atoms with Gasteiger partial charge in [0.2, 0.25) is 0 Å². The summed E-state index contributed by atoms with van der Waals surface area (Å²) in [5, 5.41) is 5.31. The number of thiophene rings is 2. The van der Waals surface area contributed by atoms with Crippen molar-refractivity contribution in [1.82, 2.24) is 0 Å². The number of hydrogen-bond donors (Lipinski definition) is 0. The molecule has 8 aromatic rings. The van der Waals surface area contributed by atoms with Gasteiger partial charge in [0.1, 0.15) is 0 Å². The van der Waals surface area contributed by atoms with Crippen molar-refractivity contribution in [1.29, 1.82) is 0 Å². The molecule has 40 heavy (non-hydrogen) atoms. The maximum atomic E-state index is 2.33. The van der Waals surface area contributed by atoms with E-state index < -0.39 is 0 Å². The summed E-state index contributed by atoms with van der Waals surface area (Å²) in [6.07, 6.45) is 0. The Kier molecular flexibility index (Phi) is 5.62. The average Bonchev–Trinajstić information content (AvgIpc) is 3.60. The van der Waals surface area contributed by atoms with Gasteiger partial charge in [-0.05, 0) is 34.4 Å². The molecule has 0 nitrogen and oxygen atoms in total. The van der Waals surface area contributed by atoms with Gasteiger partial charge in [0.25, 0.3) is 0 Å². The van der Waals surface area contributed by atoms with Crippen molar-refractivity contribution in [3.63, 3.8) is 0 Å². The maximum Gasteiger partial charge on any atom is 0.0441 e. The van der Waals surface area contributed by atoms with Crippen molar-refractivity contribution < 1.29 is 0 Å². The van der Waals surface area contributed by atoms with Gasteiger partial charge in [0.05, 0.1) is 0 Å². The van der Waals surface area contributed by atoms with Crippen molar-refractivity contribution in [3.05, 3.63) is 146 Å². The summed E-state index contributed by atoms with van der Waals surface area (Å²) in [5.41, 5.74) is 7.66. The van der Waals surface area contributed by atoms with Crippen LogP contribution in [0.4, 0.5) is 0 Å². The minimum Gasteiger partial charge on any atom is -0.135 e. The first-order chi connectivity index (χ1) is 19.9. The van der Waals surface area contributed by atoms with E-state index in [9.17, 15) is 0 Å². The van der Waals surface area contributed by atoms with Gasteiger partial charge < -0.3 is 0 Å². The molecule has 188 valence electrons. The molecule has 0 aliphatic heterocycles. The first-order valence-electron chi connectivity index (χ1n) is 13.5. The summed E-state index contributed by atoms with van der Waals surface area (Å²) in [5.74, 6) is 0. The van der Waals surface area contributed by atoms with Crippen LogP contribution < -0.4 is 0 Å². The first-order valence-corrected chi connectivity index (χ1v) is 15.2. The molecule has 0 aliphatic carbocycles. The third kappa shape index (κ3) is 3.72. The summed E-state index contributed by atoms with van der Waals surface area (Å²) < 4.78 is 2.67. The summed E-state index contributed by atoms with van der Waals surface area (Å²) >= 11 is 3.82. The Balaban J connectivity index is 1.49. The van der Waals surface area contributed by atoms with Gasteiger partial charge >= 0.3 is 0 Å². The molecule has 0 bridgehead atoms. The maximum absolute atomic E-state index is 2.33. The molecule has 0 aliphatic rings. The lowest BCUT2D eigenvalue weighted by molar-refractivity contribution is 1.62. The second-order valence-electron chi connectivity index (χ2n) is 10.0. The van der Waals surface area contributed by atoms with Gasteiger partial charge in [0, 0.05) is 51.8 Å². The molecule has 2 aromatic heterocycles. The summed E-state index contributed by atoms with van der Waals surface area (Å²) in [6, 6.07) is 52.9. The second kappa shape index (κ2) is 9.60. The predicted octanol–water partition coefficient (Wildman–Crippen LogP) is 11.9. The Labute approximate surface area is 241 Å². The molecule has 2 heteroatoms. The van der Waals surface area contributed by atoms with Gasteiger partial charge in [-0.1, -0.05) is 133 Å². The zero-order valence-corrected chi connectivity index (χ0v) is 23.3. The summed E-state index contributed by atoms with van der Waals surface area (Å²) in [6.45, 7) is 0. The highest BCUT2D eigenvalue weighted by Gasteiger charge is 2.22. The van der Waals surface area contributed by atoms with E-state index >= 15 is 0 Å². The molecule has 0 saturated carbocycles. The quantitative estimate of drug-likeness (QED) is 0.207. The number of hydrogen-bond acceptors (Lipinski definition) is 2. The minimum absolute atomic E-state index is 1.24. The van der Waals surface area contributed by atoms with Crippen LogP contribution in [0, 0.1) is 0 Å². The minimum atomic E-state index is 1.24. The largest absolute Gasteiger partial charge is 0.135 e. The lowest BCUT2D eigenvalue weighted by Crippen LogP contribution is -1.85. The van der Waals surface area contributed by atoms with E-state index in [0.717, 1.165) is 0 Å². The van der Waals surface area contributed by atoms with Gasteiger partial charge in [-0.2, -0.15) is 0 Å². The Bertz CT molecular complexity index is 2150. The standard InChI is InChI=1S/C38H24S2/c1-3-13-25(14-4-1)27-17-7-8-18-29(27)37-30-19-9-10-20-31(30)38(40-37)36-28(26-15-5-2-6-16-26)23-24-34-35(36)32-21-11-12-22-33(32)39-34/h1-24H. The zero-order chi connectivity index (χ0) is 26.5. The molecule has 8 rings (SSSR count). The predicted molar refractivity (Wildman–Crippen MR) is 176 cm³/mol. The number of rotatable bonds is 4. The topological polar surface area (TPSA) is 0 Å². The van der Waals surface area contributed by atoms with Gasteiger partial charge in [-0.3, -0.25) is 0 Å². The normalized spacial score (nSPS) is 11.5. The Morgan fingerprint density at radius 2 is 0.875 bits per heavy atom. The van der Waals surface area contributed by atoms with E-state index in [4.69, 9.17) is 0 Å². The molecule has 0 unspecified atom stereocenters. The van der Waals surface area contributed by atoms with Crippen LogP contribution in [-0.4, -0.2) is 0 Å². The summed E-state index contributed by atoms with van der Waals surface area (Å²) in [7, 11) is 0. The van der Waals surface area contributed by atoms with Crippen molar-refractivity contribution in [2.75, 3.05) is 0 Å². The third-order valence-electron chi connectivity index (χ3n) is 7.73. The van der Waals surface area contributed by atoms with Crippen LogP contribution in [0.1, 0.15) is 0 Å². The fraction of sp³-hybridized carbons (Fsp3) is 0. The van der Waals surface area contributed by atoms with Crippen LogP contribution >= 0.6 is 22.7 Å². The van der Waals surface area contributed by atoms with E-state index in [2.05, 4.69) is 146 Å². The van der Waals surface area contributed by atoms with Gasteiger partial charge in [0.15, 0.2) is 0 Å². The first kappa shape index (κ1) is 23.4. The molecule has 0 N–H and O–H groups in total. The summed E-state index contributed by atoms with van der Waals surface area (Å²) in [4.78, 5) is 2.65. The highest BCUT2D eigenvalue weighted by Crippen LogP contribution is 2.52. The average molecular weight is 545 g/mol. The molecule has 0 fully saturated rings. The van der Waals surface area contributed by atoms with Crippen LogP contribution in [-0.2, 0) is 0 Å². The lowest BCUT2D eigenvalue weighted by Gasteiger charge is -2.12. The van der Waals surface area contributed by atoms with Crippen molar-refractivity contribution in [2.24, 2.45) is 0 Å². The molecule has 0 amide bonds. The second-order valence-corrected chi connectivity index (χ2v) is 12.1. The van der Waals surface area contributed by atoms with Gasteiger partial charge in [-0.25, -0.2) is 0 Å². The van der Waals surface area contributed by atoms with Crippen LogP contribution in [0.15, 0.2) is 146 Å². The fourth-order valence-corrected chi connectivity index (χ4v) is 8.43. The Morgan fingerprint density at radius 1 is 0.325 bits per heavy atom. The number of benzene rings is 6. The smallest absolute Gasteiger partial charge is 0.0441 e. The lowest BCUT2D eigenvalue weighted by atomic mass is 9.92. The van der Waals surface area contributed by atoms with Gasteiger partial charge in [-0.15, -0.1) is 22.7 Å². The molecule has 2 heterocycles. The zero-order valence-electron chi connectivity index (χ0n) is 21.7. The van der Waals surface area contributed by atoms with E-state index in [0.29, 0.717) is 0 Å². The van der Waals surface area contributed by atoms with Crippen LogP contribution in [0.5, 0.6) is 0 Å². The molecule has 0 atom stereocenters. The molecule has 0 radical (unpaired) electrons. The Morgan fingerprint density at radius 3 is 1.60 bits per heavy atom. The Hall–Kier alpha value is -4.50. The number of fused-ring (bicyclic) bond motifs is 4. The molecule has 0 saturated heterocycles. The highest BCUT2D eigenvalue weighted by atomic mass is 32.1. The fourth-order valence-electron chi connectivity index (χ4n) is 5.94. The SMILES string of the molecule is c1ccc(-c2ccccc2-c2sc(-c3c(-c4ccccc4)ccc4sc5ccccc5c34)c3ccccc23)cc1. The molecule has 6 aromatic carbocycles.